The molecule has 16 heteroatoms. The molecule has 0 spiro atoms. The second kappa shape index (κ2) is 22.1. The highest BCUT2D eigenvalue weighted by Crippen LogP contribution is 2.31. The Morgan fingerprint density at radius 1 is 0.932 bits per heavy atom. The number of rotatable bonds is 13. The minimum atomic E-state index is -4.50. The van der Waals surface area contributed by atoms with Crippen LogP contribution in [0.15, 0.2) is 66.7 Å². The molecular formula is C43H57F3N6O7. The number of urea groups is 1. The van der Waals surface area contributed by atoms with Gasteiger partial charge in [0.25, 0.3) is 5.91 Å². The Kier molecular flexibility index (Phi) is 17.4. The molecular weight excluding hydrogens is 770 g/mol. The van der Waals surface area contributed by atoms with Crippen molar-refractivity contribution in [3.05, 3.63) is 77.9 Å². The third kappa shape index (κ3) is 14.5. The lowest BCUT2D eigenvalue weighted by Gasteiger charge is -2.35. The molecule has 4 atom stereocenters. The van der Waals surface area contributed by atoms with E-state index in [9.17, 15) is 37.5 Å². The summed E-state index contributed by atoms with van der Waals surface area (Å²) in [4.78, 5) is 55.8. The second-order valence-corrected chi connectivity index (χ2v) is 15.1. The predicted molar refractivity (Wildman–Crippen MR) is 221 cm³/mol. The van der Waals surface area contributed by atoms with Gasteiger partial charge in [-0.2, -0.15) is 13.2 Å². The Morgan fingerprint density at radius 2 is 1.59 bits per heavy atom. The van der Waals surface area contributed by atoms with Crippen molar-refractivity contribution in [2.24, 2.45) is 5.92 Å². The topological polar surface area (TPSA) is 176 Å². The number of hydrogen-bond donors (Lipinski definition) is 5. The maximum absolute atomic E-state index is 14.5. The third-order valence-electron chi connectivity index (χ3n) is 10.1. The average Bonchev–Trinajstić information content (AvgIpc) is 3.19. The zero-order chi connectivity index (χ0) is 43.1. The minimum absolute atomic E-state index is 0.103. The number of hydrogen-bond acceptors (Lipinski definition) is 8. The van der Waals surface area contributed by atoms with E-state index < -0.39 is 35.8 Å². The van der Waals surface area contributed by atoms with Gasteiger partial charge in [-0.05, 0) is 101 Å². The molecule has 0 fully saturated rings. The number of amides is 5. The van der Waals surface area contributed by atoms with Gasteiger partial charge in [0.05, 0.1) is 47.4 Å². The molecule has 3 aromatic carbocycles. The van der Waals surface area contributed by atoms with Crippen molar-refractivity contribution in [3.63, 3.8) is 0 Å². The number of likely N-dealkylation sites (N-methyl/N-ethyl adjacent to an activating group) is 1. The van der Waals surface area contributed by atoms with Crippen LogP contribution in [-0.2, 0) is 20.5 Å². The largest absolute Gasteiger partial charge is 0.490 e. The maximum atomic E-state index is 14.5. The third-order valence-corrected chi connectivity index (χ3v) is 10.1. The van der Waals surface area contributed by atoms with Gasteiger partial charge >= 0.3 is 12.2 Å². The van der Waals surface area contributed by atoms with Gasteiger partial charge in [0.2, 0.25) is 11.8 Å². The lowest BCUT2D eigenvalue weighted by atomic mass is 10.0. The first-order chi connectivity index (χ1) is 28.0. The standard InChI is InChI=1S/C43H57F3N6O7/c1-28-25-52(29(2)27-53)41(56)34-24-33(48-39(54)15-6-5-7-16-40(55)50-36-14-9-8-13-35(36)47)21-22-37(34)59-30(3)12-10-11-23-58-38(28)26-51(4)42(57)49-32-19-17-31(18-20-32)43(44,45)46/h8-9,13-14,17-22,24,28-30,38,53H,5-7,10-12,15-16,23,25-27,47H2,1-4H3,(H,48,54)(H,49,57)(H,50,55)/t28-,29+,30+,38-/m0/s1. The molecule has 0 saturated heterocycles. The van der Waals surface area contributed by atoms with Crippen LogP contribution in [0, 0.1) is 5.92 Å². The molecule has 59 heavy (non-hydrogen) atoms. The van der Waals surface area contributed by atoms with E-state index in [-0.39, 0.29) is 67.6 Å². The number of fused-ring (bicyclic) bond motifs is 1. The Balaban J connectivity index is 1.43. The second-order valence-electron chi connectivity index (χ2n) is 15.1. The number of ether oxygens (including phenoxy) is 2. The first-order valence-corrected chi connectivity index (χ1v) is 20.0. The highest BCUT2D eigenvalue weighted by molar-refractivity contribution is 6.00. The molecule has 0 bridgehead atoms. The normalized spacial score (nSPS) is 18.4. The molecule has 4 rings (SSSR count). The number of carbonyl (C=O) groups is 4. The molecule has 322 valence electrons. The summed E-state index contributed by atoms with van der Waals surface area (Å²) in [6.45, 7) is 5.75. The number of aliphatic hydroxyl groups excluding tert-OH is 1. The van der Waals surface area contributed by atoms with E-state index in [1.54, 1.807) is 56.4 Å². The van der Waals surface area contributed by atoms with Crippen LogP contribution in [-0.4, -0.2) is 90.3 Å². The van der Waals surface area contributed by atoms with Gasteiger partial charge < -0.3 is 46.1 Å². The number of halogens is 3. The van der Waals surface area contributed by atoms with Crippen molar-refractivity contribution in [3.8, 4) is 5.75 Å². The van der Waals surface area contributed by atoms with Gasteiger partial charge in [0.15, 0.2) is 0 Å². The number of nitrogens with one attached hydrogen (secondary N) is 3. The predicted octanol–water partition coefficient (Wildman–Crippen LogP) is 7.77. The number of benzene rings is 3. The number of aliphatic hydroxyl groups is 1. The Labute approximate surface area is 343 Å². The molecule has 1 aliphatic heterocycles. The zero-order valence-corrected chi connectivity index (χ0v) is 34.1. The van der Waals surface area contributed by atoms with E-state index in [4.69, 9.17) is 15.2 Å². The molecule has 0 unspecified atom stereocenters. The number of anilines is 4. The SMILES string of the molecule is C[C@@H]1CCCCO[C@@H](CN(C)C(=O)Nc2ccc(C(F)(F)F)cc2)[C@@H](C)CN([C@H](C)CO)C(=O)c2cc(NC(=O)CCCCCC(=O)Nc3ccccc3N)ccc2O1. The van der Waals surface area contributed by atoms with Crippen LogP contribution < -0.4 is 26.4 Å². The fourth-order valence-corrected chi connectivity index (χ4v) is 6.57. The molecule has 0 saturated carbocycles. The van der Waals surface area contributed by atoms with Crippen LogP contribution in [0.1, 0.15) is 88.1 Å². The summed E-state index contributed by atoms with van der Waals surface area (Å²) in [7, 11) is 1.55. The van der Waals surface area contributed by atoms with Gasteiger partial charge in [0, 0.05) is 56.9 Å². The summed E-state index contributed by atoms with van der Waals surface area (Å²) in [5.74, 6) is -0.865. The van der Waals surface area contributed by atoms with E-state index in [1.807, 2.05) is 13.8 Å². The van der Waals surface area contributed by atoms with Gasteiger partial charge in [-0.15, -0.1) is 0 Å². The molecule has 5 amide bonds. The average molecular weight is 827 g/mol. The molecule has 0 aromatic heterocycles. The first-order valence-electron chi connectivity index (χ1n) is 20.0. The Bertz CT molecular complexity index is 1860. The highest BCUT2D eigenvalue weighted by atomic mass is 19.4. The summed E-state index contributed by atoms with van der Waals surface area (Å²) in [6, 6.07) is 14.9. The number of unbranched alkanes of at least 4 members (excludes halogenated alkanes) is 2. The lowest BCUT2D eigenvalue weighted by molar-refractivity contribution is -0.137. The lowest BCUT2D eigenvalue weighted by Crippen LogP contribution is -2.48. The number of nitrogens with zero attached hydrogens (tertiary/aromatic N) is 2. The van der Waals surface area contributed by atoms with Crippen LogP contribution in [0.4, 0.5) is 40.7 Å². The van der Waals surface area contributed by atoms with E-state index in [0.717, 1.165) is 18.6 Å². The number of alkyl halides is 3. The quantitative estimate of drug-likeness (QED) is 0.0858. The zero-order valence-electron chi connectivity index (χ0n) is 34.1. The van der Waals surface area contributed by atoms with Crippen LogP contribution in [0.25, 0.3) is 0 Å². The molecule has 3 aromatic rings. The first kappa shape index (κ1) is 46.3. The summed E-state index contributed by atoms with van der Waals surface area (Å²) in [6.07, 6.45) is -0.949. The van der Waals surface area contributed by atoms with Crippen molar-refractivity contribution in [1.82, 2.24) is 9.80 Å². The summed E-state index contributed by atoms with van der Waals surface area (Å²) in [5.41, 5.74) is 6.90. The van der Waals surface area contributed by atoms with Crippen LogP contribution in [0.3, 0.4) is 0 Å². The molecule has 6 N–H and O–H groups in total. The van der Waals surface area contributed by atoms with Gasteiger partial charge in [0.1, 0.15) is 5.75 Å². The van der Waals surface area contributed by atoms with Gasteiger partial charge in [-0.3, -0.25) is 14.4 Å². The molecule has 0 aliphatic carbocycles. The molecule has 13 nitrogen and oxygen atoms in total. The fourth-order valence-electron chi connectivity index (χ4n) is 6.57. The van der Waals surface area contributed by atoms with E-state index in [1.165, 1.54) is 21.9 Å². The number of nitrogens with two attached hydrogens (primary N) is 1. The summed E-state index contributed by atoms with van der Waals surface area (Å²) in [5, 5.41) is 18.6. The van der Waals surface area contributed by atoms with E-state index in [0.29, 0.717) is 61.5 Å². The van der Waals surface area contributed by atoms with Crippen molar-refractivity contribution in [2.45, 2.75) is 96.6 Å². The van der Waals surface area contributed by atoms with Crippen LogP contribution in [0.2, 0.25) is 0 Å². The monoisotopic (exact) mass is 826 g/mol. The summed E-state index contributed by atoms with van der Waals surface area (Å²) < 4.78 is 51.7. The van der Waals surface area contributed by atoms with Crippen molar-refractivity contribution in [1.29, 1.82) is 0 Å². The number of nitrogen functional groups attached to an aromatic ring is 1. The smallest absolute Gasteiger partial charge is 0.416 e. The number of carbonyl (C=O) groups excluding carboxylic acids is 4. The maximum Gasteiger partial charge on any atom is 0.416 e. The number of para-hydroxylation sites is 2. The van der Waals surface area contributed by atoms with Crippen molar-refractivity contribution in [2.75, 3.05) is 55.0 Å². The van der Waals surface area contributed by atoms with Gasteiger partial charge in [-0.1, -0.05) is 25.5 Å². The Morgan fingerprint density at radius 3 is 2.25 bits per heavy atom. The van der Waals surface area contributed by atoms with Crippen molar-refractivity contribution >= 4 is 46.5 Å². The molecule has 1 heterocycles. The molecule has 0 radical (unpaired) electrons. The van der Waals surface area contributed by atoms with Crippen LogP contribution in [0.5, 0.6) is 5.75 Å². The van der Waals surface area contributed by atoms with Crippen LogP contribution >= 0.6 is 0 Å². The Hall–Kier alpha value is -5.35. The van der Waals surface area contributed by atoms with Gasteiger partial charge in [-0.25, -0.2) is 4.79 Å². The van der Waals surface area contributed by atoms with E-state index in [2.05, 4.69) is 16.0 Å². The summed E-state index contributed by atoms with van der Waals surface area (Å²) >= 11 is 0. The van der Waals surface area contributed by atoms with E-state index >= 15 is 0 Å². The molecule has 1 aliphatic rings. The highest BCUT2D eigenvalue weighted by Gasteiger charge is 2.32. The van der Waals surface area contributed by atoms with Crippen molar-refractivity contribution < 1.29 is 46.9 Å². The fraction of sp³-hybridized carbons (Fsp3) is 0.488. The minimum Gasteiger partial charge on any atom is -0.490 e.